The number of hydrogen-bond donors (Lipinski definition) is 2. The van der Waals surface area contributed by atoms with Gasteiger partial charge in [0.1, 0.15) is 12.0 Å². The van der Waals surface area contributed by atoms with E-state index in [2.05, 4.69) is 44.4 Å². The summed E-state index contributed by atoms with van der Waals surface area (Å²) in [5.41, 5.74) is 4.18. The largest absolute Gasteiger partial charge is 0.355 e. The number of nitrogens with one attached hydrogen (secondary N) is 2. The highest BCUT2D eigenvalue weighted by Gasteiger charge is 2.28. The first-order chi connectivity index (χ1) is 18.7. The fraction of sp³-hybridized carbons (Fsp3) is 0.379. The van der Waals surface area contributed by atoms with E-state index in [0.29, 0.717) is 23.6 Å². The van der Waals surface area contributed by atoms with Crippen molar-refractivity contribution in [1.29, 1.82) is 0 Å². The summed E-state index contributed by atoms with van der Waals surface area (Å²) in [6.45, 7) is 11.0. The number of piperazine rings is 1. The van der Waals surface area contributed by atoms with E-state index in [1.54, 1.807) is 12.3 Å². The standard InChI is InChI=1S/C29H33ClFN7O/c1-5-38-17-26-28(38)35-27(15-32-26)33-19(3)22-14-21(7-6-18(22)2)34-29(39)20-12-24(30)23(25(31)13-20)16-37-10-8-36(4)9-11-37/h6-7,12-15,17,19H,5,8-11,16H2,1-4H3,(H,34,39)/p+1. The van der Waals surface area contributed by atoms with E-state index in [-0.39, 0.29) is 16.6 Å². The van der Waals surface area contributed by atoms with Crippen molar-refractivity contribution in [3.63, 3.8) is 0 Å². The minimum atomic E-state index is -0.465. The van der Waals surface area contributed by atoms with Crippen LogP contribution in [0.1, 0.15) is 52.6 Å². The zero-order valence-corrected chi connectivity index (χ0v) is 23.5. The molecule has 1 saturated heterocycles. The van der Waals surface area contributed by atoms with Crippen LogP contribution in [0.4, 0.5) is 21.7 Å². The first-order valence-electron chi connectivity index (χ1n) is 13.3. The molecule has 2 N–H and O–H groups in total. The molecule has 39 heavy (non-hydrogen) atoms. The molecular formula is C29H34ClFN7O+. The molecule has 0 bridgehead atoms. The van der Waals surface area contributed by atoms with Crippen LogP contribution >= 0.6 is 11.6 Å². The molecule has 1 fully saturated rings. The van der Waals surface area contributed by atoms with E-state index < -0.39 is 11.7 Å². The lowest BCUT2D eigenvalue weighted by atomic mass is 10.0. The van der Waals surface area contributed by atoms with E-state index in [0.717, 1.165) is 55.4 Å². The topological polar surface area (TPSA) is 76.4 Å². The van der Waals surface area contributed by atoms with Gasteiger partial charge in [-0.25, -0.2) is 13.9 Å². The van der Waals surface area contributed by atoms with Crippen LogP contribution in [0.15, 0.2) is 36.5 Å². The summed E-state index contributed by atoms with van der Waals surface area (Å²) in [4.78, 5) is 26.6. The average Bonchev–Trinajstić information content (AvgIpc) is 2.90. The SMILES string of the molecule is CC[N+]1=Cc2ncc(NC(C)c3cc(NC(=O)c4cc(F)c(CN5CCN(C)CC5)c(Cl)c4)ccc3C)nc21. The van der Waals surface area contributed by atoms with E-state index in [9.17, 15) is 4.79 Å². The van der Waals surface area contributed by atoms with Gasteiger partial charge in [0.25, 0.3) is 11.7 Å². The molecule has 2 aliphatic rings. The summed E-state index contributed by atoms with van der Waals surface area (Å²) < 4.78 is 17.1. The third kappa shape index (κ3) is 5.95. The number of carbonyl (C=O) groups is 1. The average molecular weight is 551 g/mol. The number of nitrogens with zero attached hydrogens (tertiary/aromatic N) is 5. The van der Waals surface area contributed by atoms with Crippen molar-refractivity contribution >= 4 is 41.0 Å². The molecule has 10 heteroatoms. The molecule has 1 amide bonds. The van der Waals surface area contributed by atoms with Crippen LogP contribution in [0.2, 0.25) is 5.02 Å². The van der Waals surface area contributed by atoms with Gasteiger partial charge in [-0.2, -0.15) is 0 Å². The smallest absolute Gasteiger partial charge is 0.341 e. The lowest BCUT2D eigenvalue weighted by Gasteiger charge is -2.32. The summed E-state index contributed by atoms with van der Waals surface area (Å²) in [5.74, 6) is 0.672. The van der Waals surface area contributed by atoms with E-state index in [1.165, 1.54) is 6.07 Å². The van der Waals surface area contributed by atoms with Crippen LogP contribution in [-0.2, 0) is 6.54 Å². The van der Waals surface area contributed by atoms with Crippen molar-refractivity contribution in [3.05, 3.63) is 75.3 Å². The van der Waals surface area contributed by atoms with Crippen molar-refractivity contribution in [2.24, 2.45) is 0 Å². The zero-order chi connectivity index (χ0) is 27.7. The lowest BCUT2D eigenvalue weighted by Crippen LogP contribution is -2.44. The van der Waals surface area contributed by atoms with Gasteiger partial charge in [-0.3, -0.25) is 9.69 Å². The van der Waals surface area contributed by atoms with Gasteiger partial charge in [0.05, 0.1) is 18.8 Å². The summed E-state index contributed by atoms with van der Waals surface area (Å²) in [6.07, 6.45) is 3.71. The Hall–Kier alpha value is -3.40. The van der Waals surface area contributed by atoms with Crippen LogP contribution in [0, 0.1) is 12.7 Å². The fourth-order valence-corrected chi connectivity index (χ4v) is 5.21. The fourth-order valence-electron chi connectivity index (χ4n) is 4.95. The number of anilines is 2. The van der Waals surface area contributed by atoms with Gasteiger partial charge in [-0.05, 0) is 68.2 Å². The monoisotopic (exact) mass is 550 g/mol. The molecular weight excluding hydrogens is 517 g/mol. The van der Waals surface area contributed by atoms with E-state index in [1.807, 2.05) is 42.8 Å². The van der Waals surface area contributed by atoms with Crippen LogP contribution in [0.25, 0.3) is 0 Å². The molecule has 1 atom stereocenters. The Morgan fingerprint density at radius 2 is 1.97 bits per heavy atom. The molecule has 1 aromatic heterocycles. The summed E-state index contributed by atoms with van der Waals surface area (Å²) in [5, 5.41) is 6.58. The summed E-state index contributed by atoms with van der Waals surface area (Å²) >= 11 is 6.46. The Balaban J connectivity index is 1.27. The number of likely N-dealkylation sites (N-methyl/N-ethyl adjacent to an activating group) is 1. The molecule has 0 saturated carbocycles. The second-order valence-corrected chi connectivity index (χ2v) is 10.7. The van der Waals surface area contributed by atoms with Gasteiger partial charge in [0, 0.05) is 54.6 Å². The maximum absolute atomic E-state index is 15.1. The van der Waals surface area contributed by atoms with Crippen molar-refractivity contribution in [2.45, 2.75) is 33.4 Å². The molecule has 2 aliphatic heterocycles. The molecule has 204 valence electrons. The molecule has 3 aromatic rings. The first kappa shape index (κ1) is 27.2. The Morgan fingerprint density at radius 1 is 1.21 bits per heavy atom. The Kier molecular flexibility index (Phi) is 7.93. The van der Waals surface area contributed by atoms with Gasteiger partial charge < -0.3 is 15.5 Å². The highest BCUT2D eigenvalue weighted by Crippen LogP contribution is 2.28. The van der Waals surface area contributed by atoms with Gasteiger partial charge in [-0.1, -0.05) is 17.7 Å². The summed E-state index contributed by atoms with van der Waals surface area (Å²) in [7, 11) is 2.08. The molecule has 0 radical (unpaired) electrons. The number of rotatable bonds is 8. The lowest BCUT2D eigenvalue weighted by molar-refractivity contribution is -0.447. The number of halogens is 2. The highest BCUT2D eigenvalue weighted by molar-refractivity contribution is 6.31. The van der Waals surface area contributed by atoms with Crippen LogP contribution in [0.5, 0.6) is 0 Å². The van der Waals surface area contributed by atoms with Crippen molar-refractivity contribution in [1.82, 2.24) is 19.8 Å². The van der Waals surface area contributed by atoms with Gasteiger partial charge in [-0.15, -0.1) is 0 Å². The molecule has 0 aliphatic carbocycles. The predicted octanol–water partition coefficient (Wildman–Crippen LogP) is 4.85. The van der Waals surface area contributed by atoms with Gasteiger partial charge >= 0.3 is 5.82 Å². The second-order valence-electron chi connectivity index (χ2n) is 10.3. The molecule has 5 rings (SSSR count). The number of aryl methyl sites for hydroxylation is 1. The molecule has 0 spiro atoms. The highest BCUT2D eigenvalue weighted by atomic mass is 35.5. The number of benzene rings is 2. The van der Waals surface area contributed by atoms with Gasteiger partial charge in [0.2, 0.25) is 0 Å². The third-order valence-corrected chi connectivity index (χ3v) is 7.76. The van der Waals surface area contributed by atoms with Gasteiger partial charge in [0.15, 0.2) is 5.69 Å². The van der Waals surface area contributed by atoms with Crippen LogP contribution in [0.3, 0.4) is 0 Å². The number of hydrogen-bond acceptors (Lipinski definition) is 6. The summed E-state index contributed by atoms with van der Waals surface area (Å²) in [6, 6.07) is 8.44. The molecule has 3 heterocycles. The zero-order valence-electron chi connectivity index (χ0n) is 22.8. The number of fused-ring (bicyclic) bond motifs is 1. The quantitative estimate of drug-likeness (QED) is 0.391. The van der Waals surface area contributed by atoms with Crippen molar-refractivity contribution in [2.75, 3.05) is 50.4 Å². The van der Waals surface area contributed by atoms with Crippen molar-refractivity contribution in [3.8, 4) is 0 Å². The number of carbonyl (C=O) groups excluding carboxylic acids is 1. The first-order valence-corrected chi connectivity index (χ1v) is 13.7. The predicted molar refractivity (Wildman–Crippen MR) is 153 cm³/mol. The number of aromatic nitrogens is 2. The van der Waals surface area contributed by atoms with Crippen molar-refractivity contribution < 1.29 is 13.8 Å². The van der Waals surface area contributed by atoms with E-state index >= 15 is 4.39 Å². The van der Waals surface area contributed by atoms with E-state index in [4.69, 9.17) is 11.6 Å². The minimum Gasteiger partial charge on any atom is -0.341 e. The maximum atomic E-state index is 15.1. The molecule has 1 unspecified atom stereocenters. The second kappa shape index (κ2) is 11.4. The Bertz CT molecular complexity index is 1410. The third-order valence-electron chi connectivity index (χ3n) is 7.42. The van der Waals surface area contributed by atoms with Crippen LogP contribution < -0.4 is 10.6 Å². The normalized spacial score (nSPS) is 16.2. The maximum Gasteiger partial charge on any atom is 0.355 e. The Labute approximate surface area is 233 Å². The molecule has 2 aromatic carbocycles. The molecule has 8 nitrogen and oxygen atoms in total. The Morgan fingerprint density at radius 3 is 2.69 bits per heavy atom. The number of amides is 1. The van der Waals surface area contributed by atoms with Crippen LogP contribution in [-0.4, -0.2) is 76.2 Å². The minimum absolute atomic E-state index is 0.0888.